The molecule has 0 aromatic heterocycles. The first-order valence-electron chi connectivity index (χ1n) is 7.90. The van der Waals surface area contributed by atoms with Crippen LogP contribution in [-0.2, 0) is 4.79 Å². The van der Waals surface area contributed by atoms with Gasteiger partial charge in [0.1, 0.15) is 6.29 Å². The van der Waals surface area contributed by atoms with Gasteiger partial charge in [0.05, 0.1) is 0 Å². The predicted octanol–water partition coefficient (Wildman–Crippen LogP) is 2.41. The molecule has 3 heteroatoms. The molecular formula is C16H30N2O. The molecule has 2 aliphatic rings. The molecule has 110 valence electrons. The molecule has 0 spiro atoms. The van der Waals surface area contributed by atoms with E-state index in [1.807, 2.05) is 0 Å². The Labute approximate surface area is 118 Å². The summed E-state index contributed by atoms with van der Waals surface area (Å²) in [4.78, 5) is 16.6. The molecule has 2 fully saturated rings. The van der Waals surface area contributed by atoms with E-state index in [-0.39, 0.29) is 5.41 Å². The monoisotopic (exact) mass is 266 g/mol. The number of nitrogens with zero attached hydrogens (tertiary/aromatic N) is 2. The van der Waals surface area contributed by atoms with E-state index in [4.69, 9.17) is 0 Å². The average Bonchev–Trinajstić information content (AvgIpc) is 2.38. The minimum absolute atomic E-state index is 0.0670. The smallest absolute Gasteiger partial charge is 0.127 e. The maximum Gasteiger partial charge on any atom is 0.127 e. The first-order chi connectivity index (χ1) is 9.04. The minimum atomic E-state index is -0.0670. The van der Waals surface area contributed by atoms with Gasteiger partial charge in [0.2, 0.25) is 0 Å². The van der Waals surface area contributed by atoms with Gasteiger partial charge in [-0.1, -0.05) is 19.8 Å². The second-order valence-corrected chi connectivity index (χ2v) is 7.16. The zero-order valence-electron chi connectivity index (χ0n) is 12.9. The summed E-state index contributed by atoms with van der Waals surface area (Å²) in [6, 6.07) is 0.632. The highest BCUT2D eigenvalue weighted by Crippen LogP contribution is 2.38. The molecule has 1 aliphatic carbocycles. The van der Waals surface area contributed by atoms with Gasteiger partial charge in [-0.15, -0.1) is 0 Å². The molecule has 2 rings (SSSR count). The number of hydrogen-bond donors (Lipinski definition) is 0. The van der Waals surface area contributed by atoms with Crippen LogP contribution in [0.1, 0.15) is 45.4 Å². The molecule has 1 saturated carbocycles. The summed E-state index contributed by atoms with van der Waals surface area (Å²) in [5.74, 6) is 0.710. The van der Waals surface area contributed by atoms with Crippen molar-refractivity contribution in [3.8, 4) is 0 Å². The van der Waals surface area contributed by atoms with Crippen molar-refractivity contribution in [2.75, 3.05) is 33.7 Å². The highest BCUT2D eigenvalue weighted by molar-refractivity contribution is 5.60. The zero-order chi connectivity index (χ0) is 13.9. The summed E-state index contributed by atoms with van der Waals surface area (Å²) < 4.78 is 0. The van der Waals surface area contributed by atoms with Crippen molar-refractivity contribution in [2.24, 2.45) is 11.3 Å². The molecule has 0 aromatic carbocycles. The van der Waals surface area contributed by atoms with Crippen molar-refractivity contribution in [3.63, 3.8) is 0 Å². The number of hydrogen-bond acceptors (Lipinski definition) is 3. The summed E-state index contributed by atoms with van der Waals surface area (Å²) in [6.45, 7) is 5.63. The second kappa shape index (κ2) is 6.36. The van der Waals surface area contributed by atoms with Crippen molar-refractivity contribution in [1.29, 1.82) is 0 Å². The van der Waals surface area contributed by atoms with Crippen LogP contribution in [-0.4, -0.2) is 55.9 Å². The maximum absolute atomic E-state index is 11.7. The lowest BCUT2D eigenvalue weighted by Gasteiger charge is -2.42. The van der Waals surface area contributed by atoms with Crippen LogP contribution in [0.5, 0.6) is 0 Å². The largest absolute Gasteiger partial charge is 0.305 e. The third kappa shape index (κ3) is 3.79. The van der Waals surface area contributed by atoms with Crippen LogP contribution in [0, 0.1) is 11.3 Å². The second-order valence-electron chi connectivity index (χ2n) is 7.16. The van der Waals surface area contributed by atoms with Gasteiger partial charge in [0.25, 0.3) is 0 Å². The number of carbonyl (C=O) groups excluding carboxylic acids is 1. The molecule has 0 amide bonds. The fraction of sp³-hybridized carbons (Fsp3) is 0.938. The standard InChI is InChI=1S/C16H30N2O/c1-14-6-4-8-16(10-14,13-19)12-18(3)15-7-5-9-17(2)11-15/h13-15H,4-12H2,1-3H3. The number of rotatable bonds is 4. The van der Waals surface area contributed by atoms with Crippen LogP contribution < -0.4 is 0 Å². The molecule has 3 nitrogen and oxygen atoms in total. The van der Waals surface area contributed by atoms with Crippen molar-refractivity contribution >= 4 is 6.29 Å². The molecule has 0 bridgehead atoms. The maximum atomic E-state index is 11.7. The van der Waals surface area contributed by atoms with E-state index in [1.165, 1.54) is 38.5 Å². The molecule has 3 atom stereocenters. The number of likely N-dealkylation sites (tertiary alicyclic amines) is 1. The Balaban J connectivity index is 1.95. The summed E-state index contributed by atoms with van der Waals surface area (Å²) in [5.41, 5.74) is -0.0670. The van der Waals surface area contributed by atoms with Crippen LogP contribution in [0.3, 0.4) is 0 Å². The van der Waals surface area contributed by atoms with Gasteiger partial charge in [-0.3, -0.25) is 0 Å². The van der Waals surface area contributed by atoms with Crippen LogP contribution >= 0.6 is 0 Å². The lowest BCUT2D eigenvalue weighted by atomic mass is 9.70. The summed E-state index contributed by atoms with van der Waals surface area (Å²) in [6.07, 6.45) is 8.54. The van der Waals surface area contributed by atoms with Crippen LogP contribution in [0.25, 0.3) is 0 Å². The number of piperidine rings is 1. The van der Waals surface area contributed by atoms with Gasteiger partial charge in [0.15, 0.2) is 0 Å². The van der Waals surface area contributed by atoms with Gasteiger partial charge in [-0.25, -0.2) is 0 Å². The van der Waals surface area contributed by atoms with Gasteiger partial charge in [0, 0.05) is 24.5 Å². The average molecular weight is 266 g/mol. The first kappa shape index (κ1) is 15.0. The van der Waals surface area contributed by atoms with E-state index in [2.05, 4.69) is 30.8 Å². The number of likely N-dealkylation sites (N-methyl/N-ethyl adjacent to an activating group) is 2. The fourth-order valence-electron chi connectivity index (χ4n) is 4.11. The van der Waals surface area contributed by atoms with Gasteiger partial charge < -0.3 is 14.6 Å². The van der Waals surface area contributed by atoms with Crippen LogP contribution in [0.2, 0.25) is 0 Å². The fourth-order valence-corrected chi connectivity index (χ4v) is 4.11. The van der Waals surface area contributed by atoms with E-state index in [0.29, 0.717) is 12.0 Å². The molecule has 3 unspecified atom stereocenters. The summed E-state index contributed by atoms with van der Waals surface area (Å²) in [7, 11) is 4.42. The molecule has 1 aliphatic heterocycles. The number of carbonyl (C=O) groups is 1. The third-order valence-corrected chi connectivity index (χ3v) is 5.16. The van der Waals surface area contributed by atoms with E-state index in [0.717, 1.165) is 25.9 Å². The van der Waals surface area contributed by atoms with Crippen molar-refractivity contribution in [3.05, 3.63) is 0 Å². The summed E-state index contributed by atoms with van der Waals surface area (Å²) >= 11 is 0. The number of aldehydes is 1. The third-order valence-electron chi connectivity index (χ3n) is 5.16. The van der Waals surface area contributed by atoms with Gasteiger partial charge >= 0.3 is 0 Å². The molecule has 1 saturated heterocycles. The highest BCUT2D eigenvalue weighted by Gasteiger charge is 2.37. The molecule has 19 heavy (non-hydrogen) atoms. The quantitative estimate of drug-likeness (QED) is 0.730. The zero-order valence-corrected chi connectivity index (χ0v) is 12.9. The minimum Gasteiger partial charge on any atom is -0.305 e. The van der Waals surface area contributed by atoms with Crippen LogP contribution in [0.4, 0.5) is 0 Å². The topological polar surface area (TPSA) is 23.6 Å². The Morgan fingerprint density at radius 2 is 2.16 bits per heavy atom. The van der Waals surface area contributed by atoms with E-state index in [9.17, 15) is 4.79 Å². The van der Waals surface area contributed by atoms with E-state index < -0.39 is 0 Å². The molecule has 1 heterocycles. The lowest BCUT2D eigenvalue weighted by Crippen LogP contribution is -2.49. The summed E-state index contributed by atoms with van der Waals surface area (Å²) in [5, 5.41) is 0. The highest BCUT2D eigenvalue weighted by atomic mass is 16.1. The predicted molar refractivity (Wildman–Crippen MR) is 79.3 cm³/mol. The Kier molecular flexibility index (Phi) is 5.02. The Morgan fingerprint density at radius 1 is 1.37 bits per heavy atom. The van der Waals surface area contributed by atoms with E-state index in [1.54, 1.807) is 0 Å². The lowest BCUT2D eigenvalue weighted by molar-refractivity contribution is -0.120. The van der Waals surface area contributed by atoms with Crippen LogP contribution in [0.15, 0.2) is 0 Å². The van der Waals surface area contributed by atoms with E-state index >= 15 is 0 Å². The van der Waals surface area contributed by atoms with Crippen molar-refractivity contribution in [2.45, 2.75) is 51.5 Å². The van der Waals surface area contributed by atoms with Gasteiger partial charge in [-0.2, -0.15) is 0 Å². The van der Waals surface area contributed by atoms with Crippen molar-refractivity contribution in [1.82, 2.24) is 9.80 Å². The molecule has 0 radical (unpaired) electrons. The first-order valence-corrected chi connectivity index (χ1v) is 7.90. The molecular weight excluding hydrogens is 236 g/mol. The Bertz CT molecular complexity index is 307. The Hall–Kier alpha value is -0.410. The Morgan fingerprint density at radius 3 is 2.79 bits per heavy atom. The van der Waals surface area contributed by atoms with Crippen molar-refractivity contribution < 1.29 is 4.79 Å². The molecule has 0 N–H and O–H groups in total. The SMILES string of the molecule is CC1CCCC(C=O)(CN(C)C2CCCN(C)C2)C1. The normalized spacial score (nSPS) is 37.5. The molecule has 0 aromatic rings. The van der Waals surface area contributed by atoms with Gasteiger partial charge in [-0.05, 0) is 52.2 Å².